The molecular formula is C16H26N4O. The van der Waals surface area contributed by atoms with Crippen molar-refractivity contribution in [3.05, 3.63) is 24.0 Å². The lowest BCUT2D eigenvalue weighted by molar-refractivity contribution is 0.0822. The van der Waals surface area contributed by atoms with Crippen LogP contribution in [0.4, 0.5) is 5.69 Å². The molecule has 2 heterocycles. The summed E-state index contributed by atoms with van der Waals surface area (Å²) in [6.07, 6.45) is 4.18. The fraction of sp³-hybridized carbons (Fsp3) is 0.625. The zero-order chi connectivity index (χ0) is 15.4. The quantitative estimate of drug-likeness (QED) is 0.915. The summed E-state index contributed by atoms with van der Waals surface area (Å²) in [7, 11) is 5.52. The second-order valence-corrected chi connectivity index (χ2v) is 6.02. The van der Waals surface area contributed by atoms with Crippen molar-refractivity contribution in [2.24, 2.45) is 5.92 Å². The van der Waals surface area contributed by atoms with E-state index in [1.807, 2.05) is 19.2 Å². The van der Waals surface area contributed by atoms with Gasteiger partial charge in [-0.1, -0.05) is 0 Å². The van der Waals surface area contributed by atoms with Crippen molar-refractivity contribution < 1.29 is 4.79 Å². The molecule has 1 aliphatic heterocycles. The molecule has 1 aliphatic rings. The second kappa shape index (κ2) is 6.89. The highest BCUT2D eigenvalue weighted by molar-refractivity contribution is 5.92. The van der Waals surface area contributed by atoms with Crippen molar-refractivity contribution in [1.82, 2.24) is 15.2 Å². The van der Waals surface area contributed by atoms with Crippen LogP contribution in [-0.2, 0) is 0 Å². The number of anilines is 1. The van der Waals surface area contributed by atoms with Gasteiger partial charge in [-0.2, -0.15) is 0 Å². The standard InChI is InChI=1S/C16H26N4O/c1-12(17-2)13-6-5-9-20(11-13)14-7-8-18-15(10-14)16(21)19(3)4/h7-8,10,12-13,17H,5-6,9,11H2,1-4H3. The van der Waals surface area contributed by atoms with Crippen molar-refractivity contribution in [3.8, 4) is 0 Å². The van der Waals surface area contributed by atoms with Gasteiger partial charge >= 0.3 is 0 Å². The van der Waals surface area contributed by atoms with Gasteiger partial charge in [-0.05, 0) is 44.9 Å². The molecule has 1 amide bonds. The van der Waals surface area contributed by atoms with Crippen LogP contribution in [0.3, 0.4) is 0 Å². The summed E-state index contributed by atoms with van der Waals surface area (Å²) in [5.41, 5.74) is 1.62. The molecule has 0 aliphatic carbocycles. The fourth-order valence-corrected chi connectivity index (χ4v) is 2.85. The summed E-state index contributed by atoms with van der Waals surface area (Å²) in [6, 6.07) is 4.42. The lowest BCUT2D eigenvalue weighted by Gasteiger charge is -2.37. The zero-order valence-electron chi connectivity index (χ0n) is 13.5. The van der Waals surface area contributed by atoms with Crippen molar-refractivity contribution in [1.29, 1.82) is 0 Å². The molecule has 1 N–H and O–H groups in total. The fourth-order valence-electron chi connectivity index (χ4n) is 2.85. The Kier molecular flexibility index (Phi) is 5.17. The molecular weight excluding hydrogens is 264 g/mol. The molecule has 1 aromatic heterocycles. The predicted octanol–water partition coefficient (Wildman–Crippen LogP) is 1.61. The molecule has 1 saturated heterocycles. The number of amides is 1. The third-order valence-electron chi connectivity index (χ3n) is 4.35. The van der Waals surface area contributed by atoms with Crippen LogP contribution in [0, 0.1) is 5.92 Å². The summed E-state index contributed by atoms with van der Waals surface area (Å²) in [5, 5.41) is 3.35. The lowest BCUT2D eigenvalue weighted by atomic mass is 9.91. The molecule has 0 aromatic carbocycles. The van der Waals surface area contributed by atoms with E-state index in [0.29, 0.717) is 17.7 Å². The first kappa shape index (κ1) is 15.8. The van der Waals surface area contributed by atoms with Crippen LogP contribution in [0.5, 0.6) is 0 Å². The van der Waals surface area contributed by atoms with Crippen molar-refractivity contribution in [2.75, 3.05) is 39.1 Å². The Labute approximate surface area is 127 Å². The maximum absolute atomic E-state index is 12.0. The summed E-state index contributed by atoms with van der Waals surface area (Å²) >= 11 is 0. The van der Waals surface area contributed by atoms with E-state index >= 15 is 0 Å². The Morgan fingerprint density at radius 1 is 1.52 bits per heavy atom. The summed E-state index contributed by atoms with van der Waals surface area (Å²) in [4.78, 5) is 20.2. The number of aromatic nitrogens is 1. The molecule has 0 bridgehead atoms. The van der Waals surface area contributed by atoms with Gasteiger partial charge in [0.25, 0.3) is 5.91 Å². The predicted molar refractivity (Wildman–Crippen MR) is 85.7 cm³/mol. The number of carbonyl (C=O) groups excluding carboxylic acids is 1. The van der Waals surface area contributed by atoms with E-state index in [-0.39, 0.29) is 5.91 Å². The van der Waals surface area contributed by atoms with Gasteiger partial charge in [-0.15, -0.1) is 0 Å². The van der Waals surface area contributed by atoms with E-state index in [9.17, 15) is 4.79 Å². The minimum Gasteiger partial charge on any atom is -0.371 e. The van der Waals surface area contributed by atoms with Gasteiger partial charge in [0.1, 0.15) is 5.69 Å². The largest absolute Gasteiger partial charge is 0.371 e. The maximum atomic E-state index is 12.0. The molecule has 5 nitrogen and oxygen atoms in total. The van der Waals surface area contributed by atoms with Crippen LogP contribution >= 0.6 is 0 Å². The third kappa shape index (κ3) is 3.73. The van der Waals surface area contributed by atoms with Gasteiger partial charge in [0, 0.05) is 45.1 Å². The molecule has 2 unspecified atom stereocenters. The van der Waals surface area contributed by atoms with Crippen LogP contribution < -0.4 is 10.2 Å². The Morgan fingerprint density at radius 2 is 2.29 bits per heavy atom. The van der Waals surface area contributed by atoms with E-state index in [0.717, 1.165) is 18.8 Å². The normalized spacial score (nSPS) is 20.2. The molecule has 1 fully saturated rings. The summed E-state index contributed by atoms with van der Waals surface area (Å²) in [6.45, 7) is 4.32. The van der Waals surface area contributed by atoms with E-state index < -0.39 is 0 Å². The van der Waals surface area contributed by atoms with Gasteiger partial charge in [0.05, 0.1) is 0 Å². The first-order valence-corrected chi connectivity index (χ1v) is 7.63. The number of hydrogen-bond donors (Lipinski definition) is 1. The molecule has 2 atom stereocenters. The minimum absolute atomic E-state index is 0.0472. The molecule has 0 saturated carbocycles. The van der Waals surface area contributed by atoms with E-state index in [1.165, 1.54) is 12.8 Å². The SMILES string of the molecule is CNC(C)C1CCCN(c2ccnc(C(=O)N(C)C)c2)C1. The molecule has 0 radical (unpaired) electrons. The molecule has 0 spiro atoms. The monoisotopic (exact) mass is 290 g/mol. The van der Waals surface area contributed by atoms with E-state index in [2.05, 4.69) is 22.1 Å². The first-order chi connectivity index (χ1) is 10.0. The van der Waals surface area contributed by atoms with E-state index in [1.54, 1.807) is 25.2 Å². The Morgan fingerprint density at radius 3 is 2.95 bits per heavy atom. The van der Waals surface area contributed by atoms with Crippen LogP contribution in [0.25, 0.3) is 0 Å². The number of nitrogens with zero attached hydrogens (tertiary/aromatic N) is 3. The number of carbonyl (C=O) groups is 1. The Hall–Kier alpha value is -1.62. The number of piperidine rings is 1. The molecule has 5 heteroatoms. The van der Waals surface area contributed by atoms with Crippen molar-refractivity contribution in [2.45, 2.75) is 25.8 Å². The zero-order valence-corrected chi connectivity index (χ0v) is 13.5. The van der Waals surface area contributed by atoms with Crippen LogP contribution in [0.1, 0.15) is 30.3 Å². The van der Waals surface area contributed by atoms with Crippen LogP contribution in [-0.4, -0.2) is 56.1 Å². The summed E-state index contributed by atoms with van der Waals surface area (Å²) < 4.78 is 0. The second-order valence-electron chi connectivity index (χ2n) is 6.02. The maximum Gasteiger partial charge on any atom is 0.272 e. The minimum atomic E-state index is -0.0472. The molecule has 2 rings (SSSR count). The van der Waals surface area contributed by atoms with Gasteiger partial charge in [-0.25, -0.2) is 0 Å². The smallest absolute Gasteiger partial charge is 0.272 e. The highest BCUT2D eigenvalue weighted by Gasteiger charge is 2.24. The van der Waals surface area contributed by atoms with Gasteiger partial charge in [0.2, 0.25) is 0 Å². The molecule has 116 valence electrons. The Bertz CT molecular complexity index is 489. The average Bonchev–Trinajstić information content (AvgIpc) is 2.53. The Balaban J connectivity index is 2.14. The van der Waals surface area contributed by atoms with E-state index in [4.69, 9.17) is 0 Å². The summed E-state index contributed by atoms with van der Waals surface area (Å²) in [5.74, 6) is 0.596. The number of pyridine rings is 1. The third-order valence-corrected chi connectivity index (χ3v) is 4.35. The van der Waals surface area contributed by atoms with Crippen LogP contribution in [0.15, 0.2) is 18.3 Å². The topological polar surface area (TPSA) is 48.5 Å². The number of rotatable bonds is 4. The number of nitrogens with one attached hydrogen (secondary N) is 1. The number of hydrogen-bond acceptors (Lipinski definition) is 4. The van der Waals surface area contributed by atoms with Gasteiger partial charge in [-0.3, -0.25) is 9.78 Å². The van der Waals surface area contributed by atoms with Crippen LogP contribution in [0.2, 0.25) is 0 Å². The lowest BCUT2D eigenvalue weighted by Crippen LogP contribution is -2.43. The van der Waals surface area contributed by atoms with Gasteiger partial charge in [0.15, 0.2) is 0 Å². The van der Waals surface area contributed by atoms with Gasteiger partial charge < -0.3 is 15.1 Å². The first-order valence-electron chi connectivity index (χ1n) is 7.63. The molecule has 21 heavy (non-hydrogen) atoms. The highest BCUT2D eigenvalue weighted by Crippen LogP contribution is 2.25. The average molecular weight is 290 g/mol. The van der Waals surface area contributed by atoms with Crippen molar-refractivity contribution >= 4 is 11.6 Å². The van der Waals surface area contributed by atoms with Crippen molar-refractivity contribution in [3.63, 3.8) is 0 Å². The molecule has 1 aromatic rings. The highest BCUT2D eigenvalue weighted by atomic mass is 16.2.